The van der Waals surface area contributed by atoms with E-state index in [1.54, 1.807) is 13.8 Å². The molecule has 0 aliphatic heterocycles. The Morgan fingerprint density at radius 3 is 2.23 bits per heavy atom. The van der Waals surface area contributed by atoms with Crippen LogP contribution < -0.4 is 10.5 Å². The topological polar surface area (TPSA) is 72.2 Å². The normalized spacial score (nSPS) is 14.8. The van der Waals surface area contributed by atoms with E-state index in [1.165, 1.54) is 0 Å². The van der Waals surface area contributed by atoms with Gasteiger partial charge in [-0.1, -0.05) is 13.3 Å². The predicted molar refractivity (Wildman–Crippen MR) is 54.9 cm³/mol. The van der Waals surface area contributed by atoms with Crippen LogP contribution in [-0.2, 0) is 10.0 Å². The van der Waals surface area contributed by atoms with E-state index in [0.717, 1.165) is 12.8 Å². The molecule has 0 aromatic rings. The maximum absolute atomic E-state index is 11.4. The number of nitrogens with one attached hydrogen (secondary N) is 1. The van der Waals surface area contributed by atoms with Gasteiger partial charge in [0.05, 0.1) is 5.25 Å². The van der Waals surface area contributed by atoms with Crippen LogP contribution in [0.3, 0.4) is 0 Å². The highest BCUT2D eigenvalue weighted by atomic mass is 32.2. The molecule has 4 nitrogen and oxygen atoms in total. The Bertz CT molecular complexity index is 224. The van der Waals surface area contributed by atoms with E-state index in [1.807, 2.05) is 6.92 Å². The second kappa shape index (κ2) is 5.57. The van der Waals surface area contributed by atoms with Gasteiger partial charge in [-0.3, -0.25) is 0 Å². The van der Waals surface area contributed by atoms with Crippen molar-refractivity contribution in [2.45, 2.75) is 44.9 Å². The standard InChI is InChI=1S/C8H20N2O2S/c1-4-5-8(6-9)10-13(11,12)7(2)3/h7-8,10H,4-6,9H2,1-3H3. The van der Waals surface area contributed by atoms with E-state index in [2.05, 4.69) is 4.72 Å². The van der Waals surface area contributed by atoms with Crippen LogP contribution in [0.25, 0.3) is 0 Å². The van der Waals surface area contributed by atoms with Gasteiger partial charge in [-0.15, -0.1) is 0 Å². The zero-order valence-corrected chi connectivity index (χ0v) is 9.39. The van der Waals surface area contributed by atoms with E-state index in [-0.39, 0.29) is 6.04 Å². The number of sulfonamides is 1. The van der Waals surface area contributed by atoms with Gasteiger partial charge >= 0.3 is 0 Å². The quantitative estimate of drug-likeness (QED) is 0.665. The third kappa shape index (κ3) is 4.59. The van der Waals surface area contributed by atoms with Gasteiger partial charge < -0.3 is 5.73 Å². The third-order valence-corrected chi connectivity index (χ3v) is 3.78. The molecular weight excluding hydrogens is 188 g/mol. The molecule has 0 saturated heterocycles. The molecule has 5 heteroatoms. The number of hydrogen-bond acceptors (Lipinski definition) is 3. The molecule has 0 aromatic heterocycles. The Morgan fingerprint density at radius 1 is 1.38 bits per heavy atom. The molecule has 1 unspecified atom stereocenters. The molecule has 0 aliphatic rings. The number of hydrogen-bond donors (Lipinski definition) is 2. The van der Waals surface area contributed by atoms with Crippen LogP contribution in [0.15, 0.2) is 0 Å². The average Bonchev–Trinajstić information content (AvgIpc) is 2.03. The lowest BCUT2D eigenvalue weighted by Crippen LogP contribution is -2.43. The van der Waals surface area contributed by atoms with Gasteiger partial charge in [-0.25, -0.2) is 13.1 Å². The minimum atomic E-state index is -3.16. The van der Waals surface area contributed by atoms with Crippen LogP contribution in [-0.4, -0.2) is 26.3 Å². The molecule has 0 bridgehead atoms. The van der Waals surface area contributed by atoms with Crippen molar-refractivity contribution in [3.63, 3.8) is 0 Å². The van der Waals surface area contributed by atoms with Gasteiger partial charge in [-0.2, -0.15) is 0 Å². The van der Waals surface area contributed by atoms with E-state index in [0.29, 0.717) is 6.54 Å². The zero-order valence-electron chi connectivity index (χ0n) is 8.58. The smallest absolute Gasteiger partial charge is 0.214 e. The Labute approximate surface area is 80.9 Å². The van der Waals surface area contributed by atoms with Crippen molar-refractivity contribution in [3.05, 3.63) is 0 Å². The molecule has 1 atom stereocenters. The highest BCUT2D eigenvalue weighted by molar-refractivity contribution is 7.90. The molecule has 80 valence electrons. The first kappa shape index (κ1) is 12.9. The molecule has 0 radical (unpaired) electrons. The maximum Gasteiger partial charge on any atom is 0.214 e. The fourth-order valence-electron chi connectivity index (χ4n) is 0.942. The van der Waals surface area contributed by atoms with Crippen LogP contribution in [0, 0.1) is 0 Å². The Balaban J connectivity index is 4.23. The van der Waals surface area contributed by atoms with Gasteiger partial charge in [0.15, 0.2) is 0 Å². The number of rotatable bonds is 6. The van der Waals surface area contributed by atoms with Crippen molar-refractivity contribution in [2.75, 3.05) is 6.54 Å². The summed E-state index contributed by atoms with van der Waals surface area (Å²) < 4.78 is 25.4. The third-order valence-electron chi connectivity index (χ3n) is 1.87. The highest BCUT2D eigenvalue weighted by Crippen LogP contribution is 2.01. The first-order chi connectivity index (χ1) is 5.94. The maximum atomic E-state index is 11.4. The van der Waals surface area contributed by atoms with Crippen molar-refractivity contribution < 1.29 is 8.42 Å². The molecule has 0 saturated carbocycles. The minimum Gasteiger partial charge on any atom is -0.329 e. The van der Waals surface area contributed by atoms with Crippen LogP contribution in [0.4, 0.5) is 0 Å². The summed E-state index contributed by atoms with van der Waals surface area (Å²) in [6.45, 7) is 5.68. The fourth-order valence-corrected chi connectivity index (χ4v) is 1.89. The van der Waals surface area contributed by atoms with E-state index in [9.17, 15) is 8.42 Å². The molecule has 13 heavy (non-hydrogen) atoms. The van der Waals surface area contributed by atoms with E-state index < -0.39 is 15.3 Å². The number of nitrogens with two attached hydrogens (primary N) is 1. The summed E-state index contributed by atoms with van der Waals surface area (Å²) in [4.78, 5) is 0. The van der Waals surface area contributed by atoms with E-state index in [4.69, 9.17) is 5.73 Å². The largest absolute Gasteiger partial charge is 0.329 e. The molecule has 3 N–H and O–H groups in total. The first-order valence-corrected chi connectivity index (χ1v) is 6.19. The van der Waals surface area contributed by atoms with Crippen LogP contribution in [0.1, 0.15) is 33.6 Å². The van der Waals surface area contributed by atoms with Gasteiger partial charge in [0.1, 0.15) is 0 Å². The summed E-state index contributed by atoms with van der Waals surface area (Å²) >= 11 is 0. The van der Waals surface area contributed by atoms with Crippen molar-refractivity contribution in [1.82, 2.24) is 4.72 Å². The van der Waals surface area contributed by atoms with Crippen molar-refractivity contribution in [2.24, 2.45) is 5.73 Å². The lowest BCUT2D eigenvalue weighted by molar-refractivity contribution is 0.521. The molecular formula is C8H20N2O2S. The average molecular weight is 208 g/mol. The molecule has 0 fully saturated rings. The highest BCUT2D eigenvalue weighted by Gasteiger charge is 2.19. The fraction of sp³-hybridized carbons (Fsp3) is 1.00. The SMILES string of the molecule is CCCC(CN)NS(=O)(=O)C(C)C. The van der Waals surface area contributed by atoms with Crippen LogP contribution in [0.2, 0.25) is 0 Å². The van der Waals surface area contributed by atoms with Gasteiger partial charge in [0.2, 0.25) is 10.0 Å². The van der Waals surface area contributed by atoms with Crippen molar-refractivity contribution in [1.29, 1.82) is 0 Å². The monoisotopic (exact) mass is 208 g/mol. The molecule has 0 aliphatic carbocycles. The van der Waals surface area contributed by atoms with Gasteiger partial charge in [0, 0.05) is 12.6 Å². The molecule has 0 amide bonds. The second-order valence-corrected chi connectivity index (χ2v) is 5.70. The predicted octanol–water partition coefficient (Wildman–Crippen LogP) is 0.442. The minimum absolute atomic E-state index is 0.114. The summed E-state index contributed by atoms with van der Waals surface area (Å²) in [5.74, 6) is 0. The molecule has 0 heterocycles. The van der Waals surface area contributed by atoms with Gasteiger partial charge in [-0.05, 0) is 20.3 Å². The zero-order chi connectivity index (χ0) is 10.5. The summed E-state index contributed by atoms with van der Waals surface area (Å²) in [6, 6.07) is -0.114. The summed E-state index contributed by atoms with van der Waals surface area (Å²) in [6.07, 6.45) is 1.73. The molecule has 0 spiro atoms. The summed E-state index contributed by atoms with van der Waals surface area (Å²) in [5, 5.41) is -0.390. The van der Waals surface area contributed by atoms with Crippen molar-refractivity contribution in [3.8, 4) is 0 Å². The summed E-state index contributed by atoms with van der Waals surface area (Å²) in [7, 11) is -3.16. The lowest BCUT2D eigenvalue weighted by atomic mass is 10.2. The van der Waals surface area contributed by atoms with Gasteiger partial charge in [0.25, 0.3) is 0 Å². The molecule has 0 rings (SSSR count). The Kier molecular flexibility index (Phi) is 5.51. The molecule has 0 aromatic carbocycles. The summed E-state index contributed by atoms with van der Waals surface area (Å²) in [5.41, 5.74) is 5.44. The van der Waals surface area contributed by atoms with Crippen molar-refractivity contribution >= 4 is 10.0 Å². The lowest BCUT2D eigenvalue weighted by Gasteiger charge is -2.17. The van der Waals surface area contributed by atoms with Crippen LogP contribution in [0.5, 0.6) is 0 Å². The van der Waals surface area contributed by atoms with E-state index >= 15 is 0 Å². The van der Waals surface area contributed by atoms with Crippen LogP contribution >= 0.6 is 0 Å². The Morgan fingerprint density at radius 2 is 1.92 bits per heavy atom. The second-order valence-electron chi connectivity index (χ2n) is 3.43. The Hall–Kier alpha value is -0.130. The first-order valence-electron chi connectivity index (χ1n) is 4.65.